The van der Waals surface area contributed by atoms with Gasteiger partial charge in [0, 0.05) is 12.0 Å². The predicted molar refractivity (Wildman–Crippen MR) is 129 cm³/mol. The molecule has 7 heteroatoms. The Hall–Kier alpha value is -3.87. The van der Waals surface area contributed by atoms with Crippen LogP contribution in [-0.2, 0) is 11.3 Å². The van der Waals surface area contributed by atoms with E-state index in [4.69, 9.17) is 14.5 Å². The van der Waals surface area contributed by atoms with Gasteiger partial charge in [-0.3, -0.25) is 5.32 Å². The van der Waals surface area contributed by atoms with Gasteiger partial charge in [0.05, 0.1) is 16.7 Å². The smallest absolute Gasteiger partial charge is 0.412 e. The number of carbonyl (C=O) groups excluding carboxylic acids is 1. The summed E-state index contributed by atoms with van der Waals surface area (Å²) >= 11 is 0. The van der Waals surface area contributed by atoms with E-state index in [2.05, 4.69) is 10.3 Å². The van der Waals surface area contributed by atoms with Crippen molar-refractivity contribution in [3.05, 3.63) is 83.9 Å². The Morgan fingerprint density at radius 3 is 2.56 bits per heavy atom. The van der Waals surface area contributed by atoms with Gasteiger partial charge in [0.2, 0.25) is 0 Å². The number of imidazole rings is 1. The lowest BCUT2D eigenvalue weighted by Gasteiger charge is -2.18. The van der Waals surface area contributed by atoms with E-state index >= 15 is 0 Å². The highest BCUT2D eigenvalue weighted by Gasteiger charge is 2.20. The van der Waals surface area contributed by atoms with Crippen molar-refractivity contribution in [3.8, 4) is 11.5 Å². The number of fused-ring (bicyclic) bond motifs is 1. The van der Waals surface area contributed by atoms with Crippen LogP contribution in [0.25, 0.3) is 11.0 Å². The molecule has 0 unspecified atom stereocenters. The van der Waals surface area contributed by atoms with Crippen molar-refractivity contribution in [2.75, 3.05) is 5.32 Å². The van der Waals surface area contributed by atoms with Gasteiger partial charge in [-0.1, -0.05) is 49.6 Å². The fraction of sp³-hybridized carbons (Fsp3) is 0.259. The molecule has 0 spiro atoms. The van der Waals surface area contributed by atoms with E-state index in [0.717, 1.165) is 35.3 Å². The third kappa shape index (κ3) is 5.20. The molecule has 1 heterocycles. The number of aromatic nitrogens is 2. The van der Waals surface area contributed by atoms with Crippen LogP contribution < -0.4 is 10.1 Å². The van der Waals surface area contributed by atoms with Crippen molar-refractivity contribution in [1.82, 2.24) is 9.97 Å². The topological polar surface area (TPSA) is 76.2 Å². The van der Waals surface area contributed by atoms with Crippen LogP contribution in [0.5, 0.6) is 11.5 Å². The number of hydrogen-bond donors (Lipinski definition) is 2. The molecule has 174 valence electrons. The van der Waals surface area contributed by atoms with Crippen molar-refractivity contribution in [1.29, 1.82) is 0 Å². The number of nitrogens with zero attached hydrogens (tertiary/aromatic N) is 1. The number of aromatic amines is 1. The molecule has 1 fully saturated rings. The van der Waals surface area contributed by atoms with Gasteiger partial charge in [0.15, 0.2) is 5.75 Å². The summed E-state index contributed by atoms with van der Waals surface area (Å²) < 4.78 is 24.7. The molecule has 6 nitrogen and oxygen atoms in total. The van der Waals surface area contributed by atoms with Gasteiger partial charge in [-0.05, 0) is 48.7 Å². The number of H-pyrrole nitrogens is 1. The second kappa shape index (κ2) is 9.95. The van der Waals surface area contributed by atoms with E-state index in [0.29, 0.717) is 23.1 Å². The first kappa shape index (κ1) is 21.9. The van der Waals surface area contributed by atoms with Crippen LogP contribution in [0.4, 0.5) is 14.9 Å². The van der Waals surface area contributed by atoms with E-state index in [-0.39, 0.29) is 12.4 Å². The predicted octanol–water partition coefficient (Wildman–Crippen LogP) is 7.29. The van der Waals surface area contributed by atoms with Crippen LogP contribution in [0.15, 0.2) is 66.7 Å². The first-order chi connectivity index (χ1) is 16.6. The van der Waals surface area contributed by atoms with Crippen molar-refractivity contribution in [2.24, 2.45) is 0 Å². The molecule has 0 saturated heterocycles. The number of carbonyl (C=O) groups is 1. The molecule has 1 aromatic heterocycles. The van der Waals surface area contributed by atoms with Crippen LogP contribution in [0.2, 0.25) is 0 Å². The fourth-order valence-electron chi connectivity index (χ4n) is 4.31. The maximum absolute atomic E-state index is 13.3. The van der Waals surface area contributed by atoms with Gasteiger partial charge in [-0.25, -0.2) is 14.2 Å². The van der Waals surface area contributed by atoms with Crippen LogP contribution in [0, 0.1) is 5.82 Å². The molecule has 0 radical (unpaired) electrons. The average Bonchev–Trinajstić information content (AvgIpc) is 3.28. The molecule has 5 rings (SSSR count). The van der Waals surface area contributed by atoms with Gasteiger partial charge in [0.25, 0.3) is 0 Å². The average molecular weight is 460 g/mol. The fourth-order valence-corrected chi connectivity index (χ4v) is 4.31. The number of hydrogen-bond acceptors (Lipinski definition) is 4. The Labute approximate surface area is 197 Å². The van der Waals surface area contributed by atoms with E-state index in [1.54, 1.807) is 12.1 Å². The van der Waals surface area contributed by atoms with Crippen LogP contribution in [-0.4, -0.2) is 16.1 Å². The molecule has 0 bridgehead atoms. The number of ether oxygens (including phenoxy) is 2. The molecule has 0 aliphatic heterocycles. The monoisotopic (exact) mass is 459 g/mol. The highest BCUT2D eigenvalue weighted by Crippen LogP contribution is 2.36. The van der Waals surface area contributed by atoms with E-state index in [9.17, 15) is 9.18 Å². The molecule has 4 aromatic rings. The normalized spacial score (nSPS) is 14.1. The maximum atomic E-state index is 13.3. The maximum Gasteiger partial charge on any atom is 0.412 e. The lowest BCUT2D eigenvalue weighted by Crippen LogP contribution is -2.14. The molecule has 0 atom stereocenters. The van der Waals surface area contributed by atoms with Gasteiger partial charge in [0.1, 0.15) is 24.0 Å². The lowest BCUT2D eigenvalue weighted by atomic mass is 9.89. The first-order valence-electron chi connectivity index (χ1n) is 11.6. The Kier molecular flexibility index (Phi) is 6.42. The Balaban J connectivity index is 1.41. The molecule has 1 aliphatic carbocycles. The van der Waals surface area contributed by atoms with E-state index < -0.39 is 6.09 Å². The summed E-state index contributed by atoms with van der Waals surface area (Å²) in [5, 5.41) is 2.79. The van der Waals surface area contributed by atoms with Crippen molar-refractivity contribution < 1.29 is 18.7 Å². The second-order valence-corrected chi connectivity index (χ2v) is 8.57. The summed E-state index contributed by atoms with van der Waals surface area (Å²) in [6.45, 7) is 0.152. The number of nitrogens with one attached hydrogen (secondary N) is 2. The van der Waals surface area contributed by atoms with Crippen molar-refractivity contribution in [2.45, 2.75) is 44.6 Å². The van der Waals surface area contributed by atoms with Crippen molar-refractivity contribution >= 4 is 22.8 Å². The Morgan fingerprint density at radius 2 is 1.79 bits per heavy atom. The minimum atomic E-state index is -0.598. The summed E-state index contributed by atoms with van der Waals surface area (Å²) in [6.07, 6.45) is 5.33. The van der Waals surface area contributed by atoms with E-state index in [1.165, 1.54) is 43.5 Å². The largest absolute Gasteiger partial charge is 0.455 e. The Bertz CT molecular complexity index is 1270. The molecular weight excluding hydrogens is 433 g/mol. The third-order valence-electron chi connectivity index (χ3n) is 6.08. The number of halogens is 1. The van der Waals surface area contributed by atoms with Crippen LogP contribution >= 0.6 is 0 Å². The number of amides is 1. The summed E-state index contributed by atoms with van der Waals surface area (Å²) in [7, 11) is 0. The van der Waals surface area contributed by atoms with E-state index in [1.807, 2.05) is 30.3 Å². The van der Waals surface area contributed by atoms with Gasteiger partial charge in [-0.2, -0.15) is 0 Å². The SMILES string of the molecule is O=C(Nc1cc2[nH]c(C3CCCCC3)nc2cc1Oc1ccc(F)cc1)OCc1ccccc1. The molecular formula is C27H26FN3O3. The van der Waals surface area contributed by atoms with Crippen LogP contribution in [0.3, 0.4) is 0 Å². The summed E-state index contributed by atoms with van der Waals surface area (Å²) in [6, 6.07) is 18.8. The zero-order valence-electron chi connectivity index (χ0n) is 18.7. The van der Waals surface area contributed by atoms with Gasteiger partial charge < -0.3 is 14.5 Å². The highest BCUT2D eigenvalue weighted by molar-refractivity contribution is 5.92. The summed E-state index contributed by atoms with van der Waals surface area (Å²) in [5.41, 5.74) is 2.89. The molecule has 1 amide bonds. The lowest BCUT2D eigenvalue weighted by molar-refractivity contribution is 0.155. The van der Waals surface area contributed by atoms with Crippen molar-refractivity contribution in [3.63, 3.8) is 0 Å². The standard InChI is InChI=1S/C27H26FN3O3/c28-20-11-13-21(14-12-20)34-25-16-23-22(29-26(30-23)19-9-5-2-6-10-19)15-24(25)31-27(32)33-17-18-7-3-1-4-8-18/h1,3-4,7-8,11-16,19H,2,5-6,9-10,17H2,(H,29,30)(H,31,32). The summed E-state index contributed by atoms with van der Waals surface area (Å²) in [5.74, 6) is 1.87. The zero-order chi connectivity index (χ0) is 23.3. The summed E-state index contributed by atoms with van der Waals surface area (Å²) in [4.78, 5) is 20.8. The third-order valence-corrected chi connectivity index (χ3v) is 6.08. The highest BCUT2D eigenvalue weighted by atomic mass is 19.1. The zero-order valence-corrected chi connectivity index (χ0v) is 18.7. The second-order valence-electron chi connectivity index (χ2n) is 8.57. The first-order valence-corrected chi connectivity index (χ1v) is 11.6. The number of benzene rings is 3. The van der Waals surface area contributed by atoms with Crippen LogP contribution in [0.1, 0.15) is 49.4 Å². The Morgan fingerprint density at radius 1 is 1.03 bits per heavy atom. The van der Waals surface area contributed by atoms with Gasteiger partial charge >= 0.3 is 6.09 Å². The number of anilines is 1. The quantitative estimate of drug-likeness (QED) is 0.317. The molecule has 1 saturated carbocycles. The van der Waals surface area contributed by atoms with Gasteiger partial charge in [-0.15, -0.1) is 0 Å². The minimum Gasteiger partial charge on any atom is -0.455 e. The molecule has 2 N–H and O–H groups in total. The molecule has 1 aliphatic rings. The minimum absolute atomic E-state index is 0.152. The molecule has 3 aromatic carbocycles. The number of rotatable bonds is 6. The molecule has 34 heavy (non-hydrogen) atoms.